The van der Waals surface area contributed by atoms with Crippen molar-refractivity contribution >= 4 is 27.5 Å². The number of benzene rings is 2. The number of rotatable bonds is 6. The van der Waals surface area contributed by atoms with Crippen LogP contribution in [0.1, 0.15) is 41.5 Å². The highest BCUT2D eigenvalue weighted by Gasteiger charge is 2.31. The van der Waals surface area contributed by atoms with Crippen LogP contribution in [0.15, 0.2) is 59.5 Å². The van der Waals surface area contributed by atoms with Crippen LogP contribution in [-0.2, 0) is 14.8 Å². The third kappa shape index (κ3) is 5.28. The zero-order chi connectivity index (χ0) is 25.2. The van der Waals surface area contributed by atoms with Gasteiger partial charge in [-0.05, 0) is 63.1 Å². The average molecular weight is 496 g/mol. The van der Waals surface area contributed by atoms with E-state index in [1.807, 2.05) is 44.2 Å². The maximum Gasteiger partial charge on any atom is 0.255 e. The number of sulfonamides is 1. The lowest BCUT2D eigenvalue weighted by molar-refractivity contribution is -0.114. The van der Waals surface area contributed by atoms with Crippen LogP contribution in [0.3, 0.4) is 0 Å². The van der Waals surface area contributed by atoms with E-state index in [1.54, 1.807) is 16.8 Å². The second-order valence-electron chi connectivity index (χ2n) is 8.65. The molecule has 0 spiro atoms. The van der Waals surface area contributed by atoms with Gasteiger partial charge in [-0.2, -0.15) is 9.40 Å². The molecule has 1 fully saturated rings. The lowest BCUT2D eigenvalue weighted by Crippen LogP contribution is -2.46. The molecule has 2 heterocycles. The van der Waals surface area contributed by atoms with Crippen LogP contribution in [0.2, 0.25) is 0 Å². The Kier molecular flexibility index (Phi) is 7.04. The van der Waals surface area contributed by atoms with Crippen molar-refractivity contribution in [2.75, 3.05) is 18.4 Å². The Bertz CT molecular complexity index is 1330. The number of hydrogen-bond acceptors (Lipinski definition) is 5. The number of carbonyl (C=O) groups is 2. The molecule has 35 heavy (non-hydrogen) atoms. The van der Waals surface area contributed by atoms with Gasteiger partial charge in [0.05, 0.1) is 27.5 Å². The van der Waals surface area contributed by atoms with E-state index >= 15 is 0 Å². The van der Waals surface area contributed by atoms with Crippen LogP contribution >= 0.6 is 0 Å². The predicted octanol–water partition coefficient (Wildman–Crippen LogP) is 3.03. The van der Waals surface area contributed by atoms with Gasteiger partial charge in [0.2, 0.25) is 15.9 Å². The SMILES string of the molecule is CC(=O)Nc1ccc(S(=O)(=O)N2CCC(NC(=O)c3c(C)nn(-c4ccccc4)c3C)CC2)cc1. The van der Waals surface area contributed by atoms with Crippen LogP contribution in [0.5, 0.6) is 0 Å². The van der Waals surface area contributed by atoms with Gasteiger partial charge in [-0.15, -0.1) is 0 Å². The average Bonchev–Trinajstić information content (AvgIpc) is 3.14. The van der Waals surface area contributed by atoms with Crippen LogP contribution in [0.4, 0.5) is 5.69 Å². The van der Waals surface area contributed by atoms with Crippen LogP contribution in [0, 0.1) is 13.8 Å². The minimum absolute atomic E-state index is 0.130. The molecule has 184 valence electrons. The Morgan fingerprint density at radius 2 is 1.60 bits per heavy atom. The fraction of sp³-hybridized carbons (Fsp3) is 0.320. The smallest absolute Gasteiger partial charge is 0.255 e. The molecule has 0 bridgehead atoms. The fourth-order valence-corrected chi connectivity index (χ4v) is 5.82. The summed E-state index contributed by atoms with van der Waals surface area (Å²) < 4.78 is 29.3. The van der Waals surface area contributed by atoms with Crippen molar-refractivity contribution in [1.29, 1.82) is 0 Å². The van der Waals surface area contributed by atoms with E-state index in [0.29, 0.717) is 42.9 Å². The molecule has 1 saturated heterocycles. The zero-order valence-corrected chi connectivity index (χ0v) is 20.8. The molecular formula is C25H29N5O4S. The van der Waals surface area contributed by atoms with Gasteiger partial charge < -0.3 is 10.6 Å². The second kappa shape index (κ2) is 10.0. The van der Waals surface area contributed by atoms with Gasteiger partial charge in [-0.25, -0.2) is 13.1 Å². The molecule has 1 aromatic heterocycles. The number of hydrogen-bond donors (Lipinski definition) is 2. The van der Waals surface area contributed by atoms with Gasteiger partial charge in [0.15, 0.2) is 0 Å². The van der Waals surface area contributed by atoms with Gasteiger partial charge in [0.25, 0.3) is 5.91 Å². The first-order valence-corrected chi connectivity index (χ1v) is 12.9. The van der Waals surface area contributed by atoms with Gasteiger partial charge in [-0.1, -0.05) is 18.2 Å². The lowest BCUT2D eigenvalue weighted by atomic mass is 10.1. The number of aryl methyl sites for hydroxylation is 1. The molecule has 0 saturated carbocycles. The Hall–Kier alpha value is -3.50. The van der Waals surface area contributed by atoms with E-state index in [1.165, 1.54) is 23.4 Å². The summed E-state index contributed by atoms with van der Waals surface area (Å²) in [5, 5.41) is 10.2. The number of aromatic nitrogens is 2. The van der Waals surface area contributed by atoms with Gasteiger partial charge >= 0.3 is 0 Å². The topological polar surface area (TPSA) is 113 Å². The molecule has 2 amide bonds. The van der Waals surface area contributed by atoms with Crippen molar-refractivity contribution < 1.29 is 18.0 Å². The van der Waals surface area contributed by atoms with E-state index < -0.39 is 10.0 Å². The van der Waals surface area contributed by atoms with E-state index in [2.05, 4.69) is 15.7 Å². The highest BCUT2D eigenvalue weighted by atomic mass is 32.2. The van der Waals surface area contributed by atoms with E-state index in [-0.39, 0.29) is 22.8 Å². The molecular weight excluding hydrogens is 466 g/mol. The Morgan fingerprint density at radius 3 is 2.20 bits per heavy atom. The number of piperidine rings is 1. The summed E-state index contributed by atoms with van der Waals surface area (Å²) in [4.78, 5) is 24.4. The monoisotopic (exact) mass is 495 g/mol. The van der Waals surface area contributed by atoms with E-state index in [4.69, 9.17) is 0 Å². The van der Waals surface area contributed by atoms with E-state index in [9.17, 15) is 18.0 Å². The van der Waals surface area contributed by atoms with Crippen molar-refractivity contribution in [2.45, 2.75) is 44.6 Å². The molecule has 1 aliphatic rings. The Morgan fingerprint density at radius 1 is 0.971 bits per heavy atom. The van der Waals surface area contributed by atoms with Gasteiger partial charge in [0, 0.05) is 31.7 Å². The summed E-state index contributed by atoms with van der Waals surface area (Å²) in [6, 6.07) is 15.6. The molecule has 0 unspecified atom stereocenters. The summed E-state index contributed by atoms with van der Waals surface area (Å²) >= 11 is 0. The maximum absolute atomic E-state index is 13.1. The van der Waals surface area contributed by atoms with Crippen molar-refractivity contribution in [3.63, 3.8) is 0 Å². The Labute approximate surface area is 205 Å². The standard InChI is InChI=1S/C25H29N5O4S/c1-17-24(18(2)30(28-17)22-7-5-4-6-8-22)25(32)27-21-13-15-29(16-14-21)35(33,34)23-11-9-20(10-12-23)26-19(3)31/h4-12,21H,13-16H2,1-3H3,(H,26,31)(H,27,32). The van der Waals surface area contributed by atoms with Crippen LogP contribution in [0.25, 0.3) is 5.69 Å². The summed E-state index contributed by atoms with van der Waals surface area (Å²) in [7, 11) is -3.66. The first-order valence-electron chi connectivity index (χ1n) is 11.5. The zero-order valence-electron chi connectivity index (χ0n) is 20.0. The Balaban J connectivity index is 1.39. The van der Waals surface area contributed by atoms with Gasteiger partial charge in [-0.3, -0.25) is 9.59 Å². The first kappa shape index (κ1) is 24.6. The third-order valence-electron chi connectivity index (χ3n) is 6.12. The minimum Gasteiger partial charge on any atom is -0.349 e. The highest BCUT2D eigenvalue weighted by Crippen LogP contribution is 2.23. The van der Waals surface area contributed by atoms with Crippen LogP contribution in [-0.4, -0.2) is 53.4 Å². The molecule has 1 aliphatic heterocycles. The number of anilines is 1. The van der Waals surface area contributed by atoms with Crippen molar-refractivity contribution in [1.82, 2.24) is 19.4 Å². The van der Waals surface area contributed by atoms with Crippen molar-refractivity contribution in [3.8, 4) is 5.69 Å². The maximum atomic E-state index is 13.1. The van der Waals surface area contributed by atoms with Crippen molar-refractivity contribution in [3.05, 3.63) is 71.5 Å². The summed E-state index contributed by atoms with van der Waals surface area (Å²) in [6.45, 7) is 5.69. The molecule has 0 atom stereocenters. The predicted molar refractivity (Wildman–Crippen MR) is 133 cm³/mol. The van der Waals surface area contributed by atoms with Crippen LogP contribution < -0.4 is 10.6 Å². The normalized spacial score (nSPS) is 15.1. The lowest BCUT2D eigenvalue weighted by Gasteiger charge is -2.31. The summed E-state index contributed by atoms with van der Waals surface area (Å²) in [5.74, 6) is -0.417. The first-order chi connectivity index (χ1) is 16.7. The summed E-state index contributed by atoms with van der Waals surface area (Å²) in [5.41, 5.74) is 3.37. The number of para-hydroxylation sites is 1. The minimum atomic E-state index is -3.66. The number of nitrogens with one attached hydrogen (secondary N) is 2. The number of carbonyl (C=O) groups excluding carboxylic acids is 2. The van der Waals surface area contributed by atoms with E-state index in [0.717, 1.165) is 11.4 Å². The fourth-order valence-electron chi connectivity index (χ4n) is 4.35. The quantitative estimate of drug-likeness (QED) is 0.546. The molecule has 10 heteroatoms. The highest BCUT2D eigenvalue weighted by molar-refractivity contribution is 7.89. The molecule has 3 aromatic rings. The van der Waals surface area contributed by atoms with Crippen molar-refractivity contribution in [2.24, 2.45) is 0 Å². The molecule has 0 aliphatic carbocycles. The number of nitrogens with zero attached hydrogens (tertiary/aromatic N) is 3. The van der Waals surface area contributed by atoms with Gasteiger partial charge in [0.1, 0.15) is 0 Å². The number of amides is 2. The molecule has 0 radical (unpaired) electrons. The molecule has 2 aromatic carbocycles. The molecule has 4 rings (SSSR count). The largest absolute Gasteiger partial charge is 0.349 e. The molecule has 2 N–H and O–H groups in total. The summed E-state index contributed by atoms with van der Waals surface area (Å²) in [6.07, 6.45) is 1.03. The third-order valence-corrected chi connectivity index (χ3v) is 8.03. The molecule has 9 nitrogen and oxygen atoms in total. The second-order valence-corrected chi connectivity index (χ2v) is 10.6.